The second-order valence-electron chi connectivity index (χ2n) is 2.37. The van der Waals surface area contributed by atoms with E-state index < -0.39 is 11.9 Å². The van der Waals surface area contributed by atoms with Crippen molar-refractivity contribution in [1.29, 1.82) is 0 Å². The summed E-state index contributed by atoms with van der Waals surface area (Å²) in [7, 11) is 0. The number of carbonyl (C=O) groups excluding carboxylic acids is 2. The normalized spacial score (nSPS) is 13.3. The molecule has 1 aromatic carbocycles. The molecule has 0 fully saturated rings. The summed E-state index contributed by atoms with van der Waals surface area (Å²) in [5, 5.41) is 0.417. The maximum absolute atomic E-state index is 10.9. The fourth-order valence-electron chi connectivity index (χ4n) is 1.06. The van der Waals surface area contributed by atoms with Gasteiger partial charge in [0, 0.05) is 5.02 Å². The fraction of sp³-hybridized carbons (Fsp3) is 0. The molecule has 0 atom stereocenters. The molecule has 0 aromatic heterocycles. The first-order chi connectivity index (χ1) is 5.68. The van der Waals surface area contributed by atoms with Crippen LogP contribution in [0.1, 0.15) is 22.1 Å². The number of rotatable bonds is 0. The predicted molar refractivity (Wildman–Crippen MR) is 42.3 cm³/mol. The molecule has 1 aromatic rings. The zero-order valence-electron chi connectivity index (χ0n) is 7.83. The standard InChI is InChI=1S/C8H3ClO3.K.H/c9-4-1-2-5-6(3-4)8(11)12-7(5)10;;/h1-3H;;/q;+1;-1. The molecule has 0 aliphatic carbocycles. The smallest absolute Gasteiger partial charge is 1.00 e. The minimum atomic E-state index is -0.627. The van der Waals surface area contributed by atoms with E-state index in [4.69, 9.17) is 11.6 Å². The van der Waals surface area contributed by atoms with Crippen LogP contribution in [0.5, 0.6) is 0 Å². The van der Waals surface area contributed by atoms with Gasteiger partial charge in [-0.1, -0.05) is 11.6 Å². The van der Waals surface area contributed by atoms with Crippen molar-refractivity contribution in [2.45, 2.75) is 0 Å². The maximum atomic E-state index is 10.9. The number of hydrogen-bond acceptors (Lipinski definition) is 3. The number of carbonyl (C=O) groups is 2. The van der Waals surface area contributed by atoms with E-state index in [0.717, 1.165) is 0 Å². The van der Waals surface area contributed by atoms with Crippen molar-refractivity contribution in [3.63, 3.8) is 0 Å². The van der Waals surface area contributed by atoms with Gasteiger partial charge in [-0.15, -0.1) is 0 Å². The first-order valence-corrected chi connectivity index (χ1v) is 3.62. The van der Waals surface area contributed by atoms with Crippen molar-refractivity contribution < 1.29 is 67.1 Å². The number of benzene rings is 1. The number of hydrogen-bond donors (Lipinski definition) is 0. The van der Waals surface area contributed by atoms with E-state index in [1.165, 1.54) is 12.1 Å². The van der Waals surface area contributed by atoms with E-state index in [0.29, 0.717) is 5.02 Å². The van der Waals surface area contributed by atoms with Crippen molar-refractivity contribution >= 4 is 23.5 Å². The maximum Gasteiger partial charge on any atom is 1.00 e. The van der Waals surface area contributed by atoms with Crippen LogP contribution >= 0.6 is 11.6 Å². The summed E-state index contributed by atoms with van der Waals surface area (Å²) in [4.78, 5) is 21.8. The zero-order valence-corrected chi connectivity index (χ0v) is 10.7. The first-order valence-electron chi connectivity index (χ1n) is 3.24. The quantitative estimate of drug-likeness (QED) is 0.314. The van der Waals surface area contributed by atoms with E-state index in [9.17, 15) is 9.59 Å². The minimum Gasteiger partial charge on any atom is -1.00 e. The summed E-state index contributed by atoms with van der Waals surface area (Å²) >= 11 is 5.62. The minimum absolute atomic E-state index is 0. The molecule has 0 bridgehead atoms. The Kier molecular flexibility index (Phi) is 3.68. The molecule has 0 saturated carbocycles. The Hall–Kier alpha value is 0.286. The van der Waals surface area contributed by atoms with Crippen molar-refractivity contribution in [3.8, 4) is 0 Å². The molecule has 0 amide bonds. The molecule has 0 spiro atoms. The predicted octanol–water partition coefficient (Wildman–Crippen LogP) is -1.23. The van der Waals surface area contributed by atoms with Crippen molar-refractivity contribution in [2.24, 2.45) is 0 Å². The van der Waals surface area contributed by atoms with Crippen molar-refractivity contribution in [3.05, 3.63) is 34.3 Å². The summed E-state index contributed by atoms with van der Waals surface area (Å²) in [5.41, 5.74) is 0.525. The van der Waals surface area contributed by atoms with Crippen molar-refractivity contribution in [2.75, 3.05) is 0 Å². The van der Waals surface area contributed by atoms with E-state index in [1.54, 1.807) is 6.07 Å². The Morgan fingerprint density at radius 3 is 2.46 bits per heavy atom. The molecule has 5 heteroatoms. The fourth-order valence-corrected chi connectivity index (χ4v) is 1.23. The Labute approximate surface area is 123 Å². The molecule has 13 heavy (non-hydrogen) atoms. The van der Waals surface area contributed by atoms with Crippen LogP contribution < -0.4 is 51.4 Å². The van der Waals surface area contributed by atoms with E-state index in [2.05, 4.69) is 4.74 Å². The van der Waals surface area contributed by atoms with Crippen LogP contribution in [-0.2, 0) is 4.74 Å². The third-order valence-electron chi connectivity index (χ3n) is 1.61. The zero-order chi connectivity index (χ0) is 8.72. The second kappa shape index (κ2) is 4.21. The van der Waals surface area contributed by atoms with Gasteiger partial charge < -0.3 is 6.16 Å². The van der Waals surface area contributed by atoms with E-state index >= 15 is 0 Å². The average Bonchev–Trinajstić information content (AvgIpc) is 2.28. The largest absolute Gasteiger partial charge is 1.00 e. The van der Waals surface area contributed by atoms with Gasteiger partial charge in [0.15, 0.2) is 0 Å². The summed E-state index contributed by atoms with van der Waals surface area (Å²) < 4.78 is 4.35. The average molecular weight is 223 g/mol. The molecule has 0 N–H and O–H groups in total. The van der Waals surface area contributed by atoms with E-state index in [1.807, 2.05) is 0 Å². The van der Waals surface area contributed by atoms with Gasteiger partial charge in [0.2, 0.25) is 0 Å². The Balaban J connectivity index is 0.000000845. The van der Waals surface area contributed by atoms with Gasteiger partial charge in [-0.25, -0.2) is 9.59 Å². The molecule has 1 aliphatic rings. The summed E-state index contributed by atoms with van der Waals surface area (Å²) in [6.07, 6.45) is 0. The summed E-state index contributed by atoms with van der Waals surface area (Å²) in [6.45, 7) is 0. The number of halogens is 1. The van der Waals surface area contributed by atoms with Gasteiger partial charge in [-0.05, 0) is 18.2 Å². The van der Waals surface area contributed by atoms with Crippen molar-refractivity contribution in [1.82, 2.24) is 0 Å². The Morgan fingerprint density at radius 1 is 1.15 bits per heavy atom. The number of esters is 2. The van der Waals surface area contributed by atoms with Crippen LogP contribution in [-0.4, -0.2) is 11.9 Å². The SMILES string of the molecule is O=C1OC(=O)c2cc(Cl)ccc21.[H-].[K+]. The van der Waals surface area contributed by atoms with Gasteiger partial charge >= 0.3 is 63.3 Å². The molecular weight excluding hydrogens is 219 g/mol. The molecule has 1 aliphatic heterocycles. The van der Waals surface area contributed by atoms with Crippen LogP contribution in [0.25, 0.3) is 0 Å². The van der Waals surface area contributed by atoms with Gasteiger partial charge in [-0.3, -0.25) is 0 Å². The molecule has 1 heterocycles. The molecule has 0 radical (unpaired) electrons. The van der Waals surface area contributed by atoms with Crippen LogP contribution in [0.3, 0.4) is 0 Å². The number of ether oxygens (including phenoxy) is 1. The second-order valence-corrected chi connectivity index (χ2v) is 2.80. The topological polar surface area (TPSA) is 43.4 Å². The molecule has 0 saturated heterocycles. The third-order valence-corrected chi connectivity index (χ3v) is 1.84. The van der Waals surface area contributed by atoms with Gasteiger partial charge in [0.25, 0.3) is 0 Å². The first kappa shape index (κ1) is 11.4. The van der Waals surface area contributed by atoms with Crippen LogP contribution in [0.2, 0.25) is 5.02 Å². The molecule has 3 nitrogen and oxygen atoms in total. The van der Waals surface area contributed by atoms with Gasteiger partial charge in [-0.2, -0.15) is 0 Å². The monoisotopic (exact) mass is 222 g/mol. The summed E-state index contributed by atoms with van der Waals surface area (Å²) in [6, 6.07) is 4.44. The number of fused-ring (bicyclic) bond motifs is 1. The van der Waals surface area contributed by atoms with E-state index in [-0.39, 0.29) is 63.9 Å². The molecule has 0 unspecified atom stereocenters. The molecule has 62 valence electrons. The van der Waals surface area contributed by atoms with Crippen LogP contribution in [0, 0.1) is 0 Å². The third kappa shape index (κ3) is 2.03. The van der Waals surface area contributed by atoms with Crippen LogP contribution in [0.15, 0.2) is 18.2 Å². The molecular formula is C8H4ClKO3. The Morgan fingerprint density at radius 2 is 1.77 bits per heavy atom. The van der Waals surface area contributed by atoms with Gasteiger partial charge in [0.1, 0.15) is 0 Å². The van der Waals surface area contributed by atoms with Crippen LogP contribution in [0.4, 0.5) is 0 Å². The molecule has 2 rings (SSSR count). The van der Waals surface area contributed by atoms with Gasteiger partial charge in [0.05, 0.1) is 11.1 Å². The Bertz CT molecular complexity index is 394. The number of cyclic esters (lactones) is 2. The summed E-state index contributed by atoms with van der Waals surface area (Å²) in [5.74, 6) is -1.23.